The van der Waals surface area contributed by atoms with Crippen LogP contribution < -0.4 is 61.5 Å². The molecule has 3 amide bonds. The van der Waals surface area contributed by atoms with Gasteiger partial charge in [-0.25, -0.2) is 4.99 Å². The fraction of sp³-hybridized carbons (Fsp3) is 0.151. The van der Waals surface area contributed by atoms with Crippen LogP contribution in [0.5, 0.6) is 0 Å². The number of oxime groups is 1. The summed E-state index contributed by atoms with van der Waals surface area (Å²) in [7, 11) is 6.47. The van der Waals surface area contributed by atoms with Crippen molar-refractivity contribution < 1.29 is 23.6 Å². The molecule has 410 valence electrons. The minimum absolute atomic E-state index is 0.0159. The zero-order chi connectivity index (χ0) is 57.6. The molecule has 0 aliphatic heterocycles. The summed E-state index contributed by atoms with van der Waals surface area (Å²) in [6.45, 7) is 0.148. The number of carbonyl (C=O) groups is 3. The van der Waals surface area contributed by atoms with Crippen molar-refractivity contribution in [3.63, 3.8) is 0 Å². The van der Waals surface area contributed by atoms with Crippen LogP contribution in [0.1, 0.15) is 56.1 Å². The van der Waals surface area contributed by atoms with E-state index in [-0.39, 0.29) is 35.9 Å². The number of furan rings is 1. The van der Waals surface area contributed by atoms with Gasteiger partial charge in [-0.1, -0.05) is 58.9 Å². The van der Waals surface area contributed by atoms with Crippen molar-refractivity contribution in [2.75, 3.05) is 43.3 Å². The molecule has 3 aromatic heterocycles. The molecule has 0 saturated heterocycles. The highest BCUT2D eigenvalue weighted by Gasteiger charge is 2.17. The van der Waals surface area contributed by atoms with E-state index in [1.165, 1.54) is 13.2 Å². The number of anilines is 3. The van der Waals surface area contributed by atoms with Gasteiger partial charge in [-0.15, -0.1) is 5.11 Å². The van der Waals surface area contributed by atoms with Crippen LogP contribution in [0.3, 0.4) is 0 Å². The van der Waals surface area contributed by atoms with Gasteiger partial charge >= 0.3 is 0 Å². The standard InChI is InChI=1S/C20H20N4O2.C19H28N10O3.C14H15N7/c1-23-19(21)15-7-3-13(4-8-15)17-11-12-18(26-17)14-5-9-16(10-6-14)20(22)24-25-2;1-28-10-12(7-13(28)17(31)24-5-3-4-15(20)21)27-18(32)14-6-11(9-29(14)2)26-16(30)8-25-19(22)23;15-13(16)9-1-5-11(6-2-9)19-21-20-12-7-3-10(4-8-12)14(17)18/h3-12H,1-2H3,(H2,21,23)(H2,22,24);6-7,9-10H,3-5,8H2,1-2H3,(H3,20,21)(H,24,31)(H,26,30)(H,27,32)(H4,22,23,25);1-8H,(H3,15,16)(H3,17,18)(H,19,20). The van der Waals surface area contributed by atoms with Crippen LogP contribution in [-0.2, 0) is 23.7 Å². The van der Waals surface area contributed by atoms with E-state index in [0.29, 0.717) is 70.6 Å². The lowest BCUT2D eigenvalue weighted by molar-refractivity contribution is -0.114. The maximum atomic E-state index is 12.7. The normalized spacial score (nSPS) is 11.0. The number of hydrogen-bond acceptors (Lipinski definition) is 13. The summed E-state index contributed by atoms with van der Waals surface area (Å²) in [6, 6.07) is 36.1. The molecule has 0 saturated carbocycles. The number of nitrogens with zero attached hydrogens (tertiary/aromatic N) is 7. The van der Waals surface area contributed by atoms with Crippen LogP contribution in [0, 0.1) is 16.2 Å². The molecule has 7 rings (SSSR count). The minimum Gasteiger partial charge on any atom is -0.456 e. The predicted molar refractivity (Wildman–Crippen MR) is 309 cm³/mol. The first-order chi connectivity index (χ1) is 37.7. The Morgan fingerprint density at radius 2 is 1.11 bits per heavy atom. The molecule has 0 aliphatic rings. The van der Waals surface area contributed by atoms with E-state index in [0.717, 1.165) is 39.5 Å². The van der Waals surface area contributed by atoms with Crippen molar-refractivity contribution in [3.05, 3.63) is 167 Å². The first-order valence-electron chi connectivity index (χ1n) is 23.8. The number of aryl methyl sites for hydroxylation is 2. The summed E-state index contributed by atoms with van der Waals surface area (Å²) in [5.74, 6) is 1.14. The van der Waals surface area contributed by atoms with Crippen LogP contribution >= 0.6 is 0 Å². The number of benzene rings is 4. The second-order valence-electron chi connectivity index (χ2n) is 16.9. The second kappa shape index (κ2) is 28.6. The van der Waals surface area contributed by atoms with E-state index in [9.17, 15) is 14.4 Å². The zero-order valence-corrected chi connectivity index (χ0v) is 43.7. The molecule has 0 aliphatic carbocycles. The zero-order valence-electron chi connectivity index (χ0n) is 43.7. The quantitative estimate of drug-likeness (QED) is 0.0160. The Bertz CT molecular complexity index is 3370. The first kappa shape index (κ1) is 58.8. The van der Waals surface area contributed by atoms with Crippen molar-refractivity contribution in [3.8, 4) is 22.6 Å². The van der Waals surface area contributed by atoms with Gasteiger partial charge in [0.25, 0.3) is 11.8 Å². The maximum Gasteiger partial charge on any atom is 0.272 e. The summed E-state index contributed by atoms with van der Waals surface area (Å²) in [5.41, 5.74) is 48.6. The SMILES string of the molecule is CN=C(N)c1ccc(-c2ccc(-c3ccc(/C(N)=N/OC)cc3)o2)cc1.Cn1cc(NC(=O)c2cc(NC(=O)CN=C(N)N)cn2C)cc1C(=O)NCCCC(=N)N.N=C(N)c1ccc(N=NNc2ccc(C(=N)N)cc2)cc1. The third-order valence-electron chi connectivity index (χ3n) is 11.0. The van der Waals surface area contributed by atoms with E-state index < -0.39 is 11.8 Å². The van der Waals surface area contributed by atoms with Gasteiger partial charge in [0.15, 0.2) is 11.8 Å². The largest absolute Gasteiger partial charge is 0.456 e. The molecule has 3 heterocycles. The number of nitrogens with one attached hydrogen (secondary N) is 7. The van der Waals surface area contributed by atoms with Gasteiger partial charge in [-0.3, -0.25) is 41.0 Å². The van der Waals surface area contributed by atoms with Gasteiger partial charge in [0.05, 0.1) is 28.6 Å². The number of amidine groups is 5. The number of guanidine groups is 1. The van der Waals surface area contributed by atoms with E-state index in [4.69, 9.17) is 60.8 Å². The van der Waals surface area contributed by atoms with Crippen LogP contribution in [0.15, 0.2) is 164 Å². The Kier molecular flexibility index (Phi) is 21.3. The number of aromatic nitrogens is 2. The molecule has 79 heavy (non-hydrogen) atoms. The Labute approximate surface area is 454 Å². The number of nitrogen functional groups attached to an aromatic ring is 2. The van der Waals surface area contributed by atoms with E-state index in [2.05, 4.69) is 51.7 Å². The average Bonchev–Trinajstić information content (AvgIpc) is 4.21. The number of nitrogens with two attached hydrogens (primary N) is 7. The summed E-state index contributed by atoms with van der Waals surface area (Å²) in [6.07, 6.45) is 4.16. The highest BCUT2D eigenvalue weighted by Crippen LogP contribution is 2.29. The van der Waals surface area contributed by atoms with Crippen molar-refractivity contribution in [2.24, 2.45) is 79.7 Å². The summed E-state index contributed by atoms with van der Waals surface area (Å²) in [5, 5.41) is 41.4. The number of rotatable bonds is 20. The molecule has 0 spiro atoms. The number of amides is 3. The first-order valence-corrected chi connectivity index (χ1v) is 23.8. The molecule has 0 bridgehead atoms. The molecule has 21 N–H and O–H groups in total. The van der Waals surface area contributed by atoms with Crippen LogP contribution in [0.25, 0.3) is 22.6 Å². The van der Waals surface area contributed by atoms with Crippen LogP contribution in [0.4, 0.5) is 22.7 Å². The highest BCUT2D eigenvalue weighted by molar-refractivity contribution is 6.06. The molecule has 7 aromatic rings. The van der Waals surface area contributed by atoms with E-state index in [1.807, 2.05) is 60.7 Å². The Balaban J connectivity index is 0.000000223. The lowest BCUT2D eigenvalue weighted by Gasteiger charge is -2.05. The lowest BCUT2D eigenvalue weighted by Crippen LogP contribution is -2.27. The van der Waals surface area contributed by atoms with Crippen LogP contribution in [0.2, 0.25) is 0 Å². The number of carbonyl (C=O) groups excluding carboxylic acids is 3. The van der Waals surface area contributed by atoms with Crippen LogP contribution in [-0.4, -0.2) is 89.2 Å². The summed E-state index contributed by atoms with van der Waals surface area (Å²) < 4.78 is 9.13. The molecule has 0 atom stereocenters. The minimum atomic E-state index is -0.432. The van der Waals surface area contributed by atoms with Crippen molar-refractivity contribution in [2.45, 2.75) is 12.8 Å². The van der Waals surface area contributed by atoms with Gasteiger partial charge in [-0.05, 0) is 79.2 Å². The van der Waals surface area contributed by atoms with Gasteiger partial charge in [0.1, 0.15) is 54.1 Å². The smallest absolute Gasteiger partial charge is 0.272 e. The van der Waals surface area contributed by atoms with Gasteiger partial charge in [0.2, 0.25) is 5.91 Å². The summed E-state index contributed by atoms with van der Waals surface area (Å²) in [4.78, 5) is 49.1. The van der Waals surface area contributed by atoms with E-state index in [1.54, 1.807) is 97.3 Å². The topological polar surface area (TPSA) is 447 Å². The number of hydrogen-bond donors (Lipinski definition) is 14. The Hall–Kier alpha value is -11.1. The molecule has 26 heteroatoms. The predicted octanol–water partition coefficient (Wildman–Crippen LogP) is 4.85. The second-order valence-corrected chi connectivity index (χ2v) is 16.9. The van der Waals surface area contributed by atoms with Crippen molar-refractivity contribution in [1.82, 2.24) is 14.5 Å². The third kappa shape index (κ3) is 18.1. The molecule has 4 aromatic carbocycles. The van der Waals surface area contributed by atoms with Crippen molar-refractivity contribution >= 4 is 75.6 Å². The molecule has 0 radical (unpaired) electrons. The monoisotopic (exact) mass is 1070 g/mol. The molecule has 0 fully saturated rings. The maximum absolute atomic E-state index is 12.7. The lowest BCUT2D eigenvalue weighted by atomic mass is 10.1. The Morgan fingerprint density at radius 1 is 0.620 bits per heavy atom. The fourth-order valence-electron chi connectivity index (χ4n) is 6.96. The van der Waals surface area contributed by atoms with Gasteiger partial charge in [0, 0.05) is 79.9 Å². The average molecular weight is 1070 g/mol. The number of aliphatic imine (C=N–C) groups is 2. The highest BCUT2D eigenvalue weighted by atomic mass is 16.6. The molecule has 26 nitrogen and oxygen atoms in total. The van der Waals surface area contributed by atoms with Gasteiger partial charge < -0.3 is 74.5 Å². The summed E-state index contributed by atoms with van der Waals surface area (Å²) >= 11 is 0. The fourth-order valence-corrected chi connectivity index (χ4v) is 6.96. The molecule has 0 unspecified atom stereocenters. The van der Waals surface area contributed by atoms with Gasteiger partial charge in [-0.2, -0.15) is 0 Å². The third-order valence-corrected chi connectivity index (χ3v) is 11.0. The van der Waals surface area contributed by atoms with E-state index >= 15 is 0 Å². The Morgan fingerprint density at radius 3 is 1.61 bits per heavy atom. The molecular weight excluding hydrogens is 1010 g/mol. The van der Waals surface area contributed by atoms with Crippen molar-refractivity contribution in [1.29, 1.82) is 16.2 Å². The molecular formula is C53H63N21O5.